The number of carbonyl (C=O) groups is 1. The highest BCUT2D eigenvalue weighted by atomic mass is 35.5. The van der Waals surface area contributed by atoms with Crippen LogP contribution in [0.2, 0.25) is 5.02 Å². The van der Waals surface area contributed by atoms with Crippen molar-refractivity contribution in [1.29, 1.82) is 0 Å². The molecule has 1 N–H and O–H groups in total. The van der Waals surface area contributed by atoms with Gasteiger partial charge in [0.1, 0.15) is 0 Å². The van der Waals surface area contributed by atoms with Crippen LogP contribution in [0.25, 0.3) is 0 Å². The van der Waals surface area contributed by atoms with Crippen LogP contribution in [-0.4, -0.2) is 43.8 Å². The fraction of sp³-hybridized carbons (Fsp3) is 0.286. The number of nitrogens with zero attached hydrogens (tertiary/aromatic N) is 5. The molecule has 8 heteroatoms. The third-order valence-corrected chi connectivity index (χ3v) is 5.19. The van der Waals surface area contributed by atoms with Crippen molar-refractivity contribution in [2.75, 3.05) is 18.4 Å². The van der Waals surface area contributed by atoms with Gasteiger partial charge in [0, 0.05) is 42.6 Å². The van der Waals surface area contributed by atoms with E-state index in [1.165, 1.54) is 0 Å². The van der Waals surface area contributed by atoms with E-state index in [0.717, 1.165) is 30.6 Å². The van der Waals surface area contributed by atoms with Gasteiger partial charge in [0.25, 0.3) is 0 Å². The number of piperidine rings is 1. The Morgan fingerprint density at radius 2 is 2.00 bits per heavy atom. The second-order valence-electron chi connectivity index (χ2n) is 7.00. The fourth-order valence-electron chi connectivity index (χ4n) is 3.47. The molecular weight excluding hydrogens is 388 g/mol. The molecule has 1 atom stereocenters. The number of anilines is 2. The lowest BCUT2D eigenvalue weighted by Crippen LogP contribution is -2.40. The maximum atomic E-state index is 12.8. The molecule has 3 aromatic rings. The van der Waals surface area contributed by atoms with E-state index >= 15 is 0 Å². The first kappa shape index (κ1) is 19.3. The molecule has 1 aliphatic rings. The Morgan fingerprint density at radius 3 is 2.79 bits per heavy atom. The lowest BCUT2D eigenvalue weighted by Gasteiger charge is -2.32. The highest BCUT2D eigenvalue weighted by Crippen LogP contribution is 2.26. The van der Waals surface area contributed by atoms with Crippen molar-refractivity contribution < 1.29 is 4.79 Å². The first-order chi connectivity index (χ1) is 14.2. The van der Waals surface area contributed by atoms with Crippen molar-refractivity contribution in [3.63, 3.8) is 0 Å². The molecule has 2 aromatic heterocycles. The van der Waals surface area contributed by atoms with E-state index in [0.29, 0.717) is 29.8 Å². The Bertz CT molecular complexity index is 966. The molecule has 148 valence electrons. The lowest BCUT2D eigenvalue weighted by atomic mass is 9.94. The average Bonchev–Trinajstić information content (AvgIpc) is 2.76. The minimum Gasteiger partial charge on any atom is -0.342 e. The van der Waals surface area contributed by atoms with Gasteiger partial charge in [-0.15, -0.1) is 0 Å². The lowest BCUT2D eigenvalue weighted by molar-refractivity contribution is -0.131. The van der Waals surface area contributed by atoms with Crippen molar-refractivity contribution in [2.45, 2.75) is 25.2 Å². The van der Waals surface area contributed by atoms with E-state index in [2.05, 4.69) is 25.3 Å². The fourth-order valence-corrected chi connectivity index (χ4v) is 3.60. The molecule has 7 nitrogen and oxygen atoms in total. The van der Waals surface area contributed by atoms with Crippen LogP contribution in [0.1, 0.15) is 30.0 Å². The van der Waals surface area contributed by atoms with Crippen LogP contribution in [0.15, 0.2) is 55.1 Å². The van der Waals surface area contributed by atoms with Crippen LogP contribution in [0, 0.1) is 0 Å². The van der Waals surface area contributed by atoms with Gasteiger partial charge in [0.2, 0.25) is 11.9 Å². The number of aromatic nitrogens is 4. The molecule has 0 radical (unpaired) electrons. The predicted molar refractivity (Wildman–Crippen MR) is 111 cm³/mol. The summed E-state index contributed by atoms with van der Waals surface area (Å²) in [4.78, 5) is 31.8. The second kappa shape index (κ2) is 8.96. The first-order valence-corrected chi connectivity index (χ1v) is 9.93. The Hall–Kier alpha value is -3.06. The zero-order valence-corrected chi connectivity index (χ0v) is 16.6. The number of carbonyl (C=O) groups excluding carboxylic acids is 1. The number of rotatable bonds is 5. The summed E-state index contributed by atoms with van der Waals surface area (Å²) in [6, 6.07) is 9.35. The standard InChI is InChI=1S/C21H21ClN6O/c22-17-5-3-15(4-6-17)12-20(29)28-11-1-2-16(14-28)18-7-8-25-21(26-18)27-19-13-23-9-10-24-19/h3-10,13,16H,1-2,11-12,14H2,(H,24,25,26,27)/t16-/m1/s1. The number of hydrogen-bond acceptors (Lipinski definition) is 6. The number of amides is 1. The monoisotopic (exact) mass is 408 g/mol. The molecular formula is C21H21ClN6O. The number of nitrogens with one attached hydrogen (secondary N) is 1. The summed E-state index contributed by atoms with van der Waals surface area (Å²) in [6.07, 6.45) is 8.90. The molecule has 0 saturated carbocycles. The Balaban J connectivity index is 1.42. The zero-order chi connectivity index (χ0) is 20.1. The smallest absolute Gasteiger partial charge is 0.228 e. The van der Waals surface area contributed by atoms with E-state index in [-0.39, 0.29) is 11.8 Å². The van der Waals surface area contributed by atoms with E-state index in [9.17, 15) is 4.79 Å². The zero-order valence-electron chi connectivity index (χ0n) is 15.8. The highest BCUT2D eigenvalue weighted by molar-refractivity contribution is 6.30. The van der Waals surface area contributed by atoms with E-state index in [4.69, 9.17) is 11.6 Å². The summed E-state index contributed by atoms with van der Waals surface area (Å²) in [5.74, 6) is 1.38. The summed E-state index contributed by atoms with van der Waals surface area (Å²) in [5.41, 5.74) is 1.90. The molecule has 0 aliphatic carbocycles. The third kappa shape index (κ3) is 5.06. The summed E-state index contributed by atoms with van der Waals surface area (Å²) >= 11 is 5.93. The summed E-state index contributed by atoms with van der Waals surface area (Å²) in [5, 5.41) is 3.74. The van der Waals surface area contributed by atoms with Gasteiger partial charge in [-0.25, -0.2) is 15.0 Å². The Labute approximate surface area is 174 Å². The molecule has 1 aliphatic heterocycles. The average molecular weight is 409 g/mol. The quantitative estimate of drug-likeness (QED) is 0.694. The highest BCUT2D eigenvalue weighted by Gasteiger charge is 2.26. The maximum absolute atomic E-state index is 12.8. The summed E-state index contributed by atoms with van der Waals surface area (Å²) in [7, 11) is 0. The van der Waals surface area contributed by atoms with E-state index < -0.39 is 0 Å². The van der Waals surface area contributed by atoms with Crippen molar-refractivity contribution in [3.8, 4) is 0 Å². The first-order valence-electron chi connectivity index (χ1n) is 9.55. The van der Waals surface area contributed by atoms with Crippen LogP contribution < -0.4 is 5.32 Å². The molecule has 4 rings (SSSR count). The van der Waals surface area contributed by atoms with Crippen LogP contribution in [0.5, 0.6) is 0 Å². The number of halogens is 1. The molecule has 0 spiro atoms. The Kier molecular flexibility index (Phi) is 5.95. The van der Waals surface area contributed by atoms with E-state index in [1.807, 2.05) is 35.2 Å². The minimum atomic E-state index is 0.129. The number of likely N-dealkylation sites (tertiary alicyclic amines) is 1. The van der Waals surface area contributed by atoms with Crippen molar-refractivity contribution in [1.82, 2.24) is 24.8 Å². The predicted octanol–water partition coefficient (Wildman–Crippen LogP) is 3.61. The van der Waals surface area contributed by atoms with Crippen LogP contribution in [0.4, 0.5) is 11.8 Å². The van der Waals surface area contributed by atoms with Gasteiger partial charge < -0.3 is 10.2 Å². The molecule has 0 bridgehead atoms. The normalized spacial score (nSPS) is 16.4. The van der Waals surface area contributed by atoms with Gasteiger partial charge in [0.15, 0.2) is 5.82 Å². The van der Waals surface area contributed by atoms with Crippen molar-refractivity contribution >= 4 is 29.3 Å². The maximum Gasteiger partial charge on any atom is 0.228 e. The topological polar surface area (TPSA) is 83.9 Å². The van der Waals surface area contributed by atoms with Gasteiger partial charge >= 0.3 is 0 Å². The van der Waals surface area contributed by atoms with Gasteiger partial charge in [-0.1, -0.05) is 23.7 Å². The van der Waals surface area contributed by atoms with Gasteiger partial charge in [-0.05, 0) is 36.6 Å². The van der Waals surface area contributed by atoms with E-state index in [1.54, 1.807) is 24.8 Å². The minimum absolute atomic E-state index is 0.129. The SMILES string of the molecule is O=C(Cc1ccc(Cl)cc1)N1CCC[C@@H](c2ccnc(Nc3cnccn3)n2)C1. The Morgan fingerprint density at radius 1 is 1.14 bits per heavy atom. The number of benzene rings is 1. The van der Waals surface area contributed by atoms with Crippen LogP contribution in [0.3, 0.4) is 0 Å². The summed E-state index contributed by atoms with van der Waals surface area (Å²) < 4.78 is 0. The largest absolute Gasteiger partial charge is 0.342 e. The summed E-state index contributed by atoms with van der Waals surface area (Å²) in [6.45, 7) is 1.44. The van der Waals surface area contributed by atoms with Crippen molar-refractivity contribution in [3.05, 3.63) is 71.4 Å². The van der Waals surface area contributed by atoms with Crippen LogP contribution in [-0.2, 0) is 11.2 Å². The molecule has 0 unspecified atom stereocenters. The van der Waals surface area contributed by atoms with Gasteiger partial charge in [0.05, 0.1) is 18.3 Å². The number of hydrogen-bond donors (Lipinski definition) is 1. The molecule has 1 fully saturated rings. The van der Waals surface area contributed by atoms with Gasteiger partial charge in [-0.2, -0.15) is 0 Å². The van der Waals surface area contributed by atoms with Crippen molar-refractivity contribution in [2.24, 2.45) is 0 Å². The molecule has 1 aromatic carbocycles. The second-order valence-corrected chi connectivity index (χ2v) is 7.44. The molecule has 1 saturated heterocycles. The molecule has 3 heterocycles. The molecule has 1 amide bonds. The van der Waals surface area contributed by atoms with Gasteiger partial charge in [-0.3, -0.25) is 9.78 Å². The van der Waals surface area contributed by atoms with Crippen LogP contribution >= 0.6 is 11.6 Å². The molecule has 29 heavy (non-hydrogen) atoms. The third-order valence-electron chi connectivity index (χ3n) is 4.94.